The molecule has 0 atom stereocenters. The number of benzene rings is 8. The second kappa shape index (κ2) is 11.7. The van der Waals surface area contributed by atoms with Gasteiger partial charge in [0.15, 0.2) is 0 Å². The van der Waals surface area contributed by atoms with E-state index in [1.807, 2.05) is 0 Å². The second-order valence-electron chi connectivity index (χ2n) is 15.3. The number of aromatic nitrogens is 1. The Morgan fingerprint density at radius 3 is 1.16 bits per heavy atom. The van der Waals surface area contributed by atoms with Gasteiger partial charge in [-0.15, -0.1) is 0 Å². The van der Waals surface area contributed by atoms with Gasteiger partial charge in [-0.05, 0) is 90.0 Å². The molecular formula is C55H35N. The summed E-state index contributed by atoms with van der Waals surface area (Å²) in [6.45, 7) is 0. The largest absolute Gasteiger partial charge is 0.248 e. The molecular weight excluding hydrogens is 675 g/mol. The molecule has 0 fully saturated rings. The van der Waals surface area contributed by atoms with Gasteiger partial charge in [-0.25, -0.2) is 4.98 Å². The Morgan fingerprint density at radius 1 is 0.250 bits per heavy atom. The molecule has 1 aromatic heterocycles. The lowest BCUT2D eigenvalue weighted by atomic mass is 9.51. The minimum Gasteiger partial charge on any atom is -0.248 e. The molecule has 1 heteroatoms. The molecule has 3 aliphatic rings. The summed E-state index contributed by atoms with van der Waals surface area (Å²) in [5, 5.41) is 0. The van der Waals surface area contributed by atoms with E-state index >= 15 is 0 Å². The molecule has 0 aliphatic heterocycles. The Hall–Kier alpha value is -7.09. The van der Waals surface area contributed by atoms with Gasteiger partial charge in [-0.2, -0.15) is 0 Å². The highest BCUT2D eigenvalue weighted by atomic mass is 14.7. The summed E-state index contributed by atoms with van der Waals surface area (Å²) in [7, 11) is 0. The van der Waals surface area contributed by atoms with Crippen molar-refractivity contribution in [2.24, 2.45) is 0 Å². The summed E-state index contributed by atoms with van der Waals surface area (Å²) in [6.07, 6.45) is 0. The van der Waals surface area contributed by atoms with Crippen LogP contribution >= 0.6 is 0 Å². The number of nitrogens with zero attached hydrogens (tertiary/aromatic N) is 1. The third kappa shape index (κ3) is 3.97. The first kappa shape index (κ1) is 31.3. The van der Waals surface area contributed by atoms with E-state index in [0.29, 0.717) is 0 Å². The summed E-state index contributed by atoms with van der Waals surface area (Å²) in [4.78, 5) is 5.63. The van der Waals surface area contributed by atoms with Crippen LogP contribution in [-0.4, -0.2) is 4.98 Å². The molecule has 12 rings (SSSR count). The lowest BCUT2D eigenvalue weighted by Crippen LogP contribution is -2.44. The van der Waals surface area contributed by atoms with E-state index in [1.54, 1.807) is 0 Å². The Bertz CT molecular complexity index is 2880. The maximum absolute atomic E-state index is 5.63. The average Bonchev–Trinajstić information content (AvgIpc) is 3.74. The van der Waals surface area contributed by atoms with Gasteiger partial charge in [-0.1, -0.05) is 200 Å². The van der Waals surface area contributed by atoms with Crippen molar-refractivity contribution in [1.29, 1.82) is 0 Å². The molecule has 260 valence electrons. The van der Waals surface area contributed by atoms with Gasteiger partial charge < -0.3 is 0 Å². The molecule has 1 nitrogen and oxygen atoms in total. The fourth-order valence-corrected chi connectivity index (χ4v) is 10.7. The normalized spacial score (nSPS) is 14.4. The maximum Gasteiger partial charge on any atom is 0.0726 e. The first-order valence-corrected chi connectivity index (χ1v) is 19.6. The number of rotatable bonds is 3. The summed E-state index contributed by atoms with van der Waals surface area (Å²) in [5.41, 5.74) is 21.1. The van der Waals surface area contributed by atoms with Crippen molar-refractivity contribution in [3.8, 4) is 55.9 Å². The maximum atomic E-state index is 5.63. The van der Waals surface area contributed by atoms with Crippen LogP contribution in [0.1, 0.15) is 44.5 Å². The molecule has 8 aromatic carbocycles. The highest BCUT2D eigenvalue weighted by molar-refractivity contribution is 5.96. The summed E-state index contributed by atoms with van der Waals surface area (Å²) in [5.74, 6) is 0. The topological polar surface area (TPSA) is 12.9 Å². The van der Waals surface area contributed by atoms with Crippen LogP contribution in [0, 0.1) is 0 Å². The van der Waals surface area contributed by atoms with Gasteiger partial charge in [0.2, 0.25) is 0 Å². The van der Waals surface area contributed by atoms with Crippen molar-refractivity contribution in [3.63, 3.8) is 0 Å². The zero-order chi connectivity index (χ0) is 36.8. The third-order valence-corrected chi connectivity index (χ3v) is 12.8. The van der Waals surface area contributed by atoms with E-state index in [1.165, 1.54) is 72.3 Å². The molecule has 56 heavy (non-hydrogen) atoms. The lowest BCUT2D eigenvalue weighted by molar-refractivity contribution is 0.634. The molecule has 3 aliphatic carbocycles. The first-order valence-electron chi connectivity index (χ1n) is 19.6. The predicted octanol–water partition coefficient (Wildman–Crippen LogP) is 13.1. The van der Waals surface area contributed by atoms with E-state index in [-0.39, 0.29) is 0 Å². The monoisotopic (exact) mass is 709 g/mol. The molecule has 0 unspecified atom stereocenters. The molecule has 0 bridgehead atoms. The molecule has 0 saturated heterocycles. The predicted molar refractivity (Wildman–Crippen MR) is 229 cm³/mol. The van der Waals surface area contributed by atoms with E-state index < -0.39 is 10.8 Å². The Balaban J connectivity index is 1.29. The van der Waals surface area contributed by atoms with Gasteiger partial charge in [0.05, 0.1) is 22.2 Å². The van der Waals surface area contributed by atoms with Crippen molar-refractivity contribution >= 4 is 0 Å². The molecule has 0 radical (unpaired) electrons. The fraction of sp³-hybridized carbons (Fsp3) is 0.0364. The summed E-state index contributed by atoms with van der Waals surface area (Å²) in [6, 6.07) is 78.8. The van der Waals surface area contributed by atoms with Crippen LogP contribution in [0.15, 0.2) is 212 Å². The van der Waals surface area contributed by atoms with Crippen LogP contribution in [0.3, 0.4) is 0 Å². The van der Waals surface area contributed by atoms with Crippen molar-refractivity contribution in [2.75, 3.05) is 0 Å². The standard InChI is InChI=1S/C55H35N/c1-3-18-36(19-4-1)38-34-51(37-20-5-2-6-21-37)56-52(35-38)43-26-17-33-50-53(43)55(46-29-13-9-24-41(46)42-25-10-14-30-47(42)55)49-32-16-15-31-48(49)54(50)44-27-11-7-22-39(44)40-23-8-12-28-45(40)54/h1-35H. The highest BCUT2D eigenvalue weighted by Gasteiger charge is 2.59. The smallest absolute Gasteiger partial charge is 0.0726 e. The van der Waals surface area contributed by atoms with Crippen molar-refractivity contribution in [1.82, 2.24) is 4.98 Å². The first-order chi connectivity index (χ1) is 27.8. The lowest BCUT2D eigenvalue weighted by Gasteiger charge is -2.49. The Kier molecular flexibility index (Phi) is 6.54. The quantitative estimate of drug-likeness (QED) is 0.178. The van der Waals surface area contributed by atoms with Gasteiger partial charge in [-0.3, -0.25) is 0 Å². The van der Waals surface area contributed by atoms with E-state index in [2.05, 4.69) is 212 Å². The molecule has 9 aromatic rings. The molecule has 0 saturated carbocycles. The van der Waals surface area contributed by atoms with E-state index in [4.69, 9.17) is 4.98 Å². The summed E-state index contributed by atoms with van der Waals surface area (Å²) >= 11 is 0. The zero-order valence-electron chi connectivity index (χ0n) is 30.7. The van der Waals surface area contributed by atoms with Crippen LogP contribution in [-0.2, 0) is 10.8 Å². The SMILES string of the molecule is c1ccc(-c2cc(-c3ccccc3)nc(-c3cccc4c3C3(c5ccccc5-c5ccccc53)c3ccccc3C43c4ccccc4-c4ccccc43)c2)cc1. The Morgan fingerprint density at radius 2 is 0.625 bits per heavy atom. The Labute approximate surface area is 327 Å². The van der Waals surface area contributed by atoms with Crippen molar-refractivity contribution in [3.05, 3.63) is 257 Å². The molecule has 2 spiro atoms. The van der Waals surface area contributed by atoms with Crippen LogP contribution < -0.4 is 0 Å². The number of hydrogen-bond donors (Lipinski definition) is 0. The van der Waals surface area contributed by atoms with Gasteiger partial charge in [0, 0.05) is 11.1 Å². The molecule has 0 N–H and O–H groups in total. The van der Waals surface area contributed by atoms with Crippen LogP contribution in [0.4, 0.5) is 0 Å². The zero-order valence-corrected chi connectivity index (χ0v) is 30.7. The van der Waals surface area contributed by atoms with Crippen LogP contribution in [0.5, 0.6) is 0 Å². The van der Waals surface area contributed by atoms with Crippen LogP contribution in [0.25, 0.3) is 55.9 Å². The minimum absolute atomic E-state index is 0.549. The van der Waals surface area contributed by atoms with Crippen molar-refractivity contribution < 1.29 is 0 Å². The number of hydrogen-bond acceptors (Lipinski definition) is 1. The third-order valence-electron chi connectivity index (χ3n) is 12.8. The fourth-order valence-electron chi connectivity index (χ4n) is 10.7. The molecule has 1 heterocycles. The number of pyridine rings is 1. The second-order valence-corrected chi connectivity index (χ2v) is 15.3. The van der Waals surface area contributed by atoms with E-state index in [9.17, 15) is 0 Å². The number of fused-ring (bicyclic) bond motifs is 16. The van der Waals surface area contributed by atoms with Crippen molar-refractivity contribution in [2.45, 2.75) is 10.8 Å². The van der Waals surface area contributed by atoms with Gasteiger partial charge in [0.1, 0.15) is 0 Å². The average molecular weight is 710 g/mol. The van der Waals surface area contributed by atoms with E-state index in [0.717, 1.165) is 28.1 Å². The molecule has 0 amide bonds. The summed E-state index contributed by atoms with van der Waals surface area (Å²) < 4.78 is 0. The highest BCUT2D eigenvalue weighted by Crippen LogP contribution is 2.68. The van der Waals surface area contributed by atoms with Crippen LogP contribution in [0.2, 0.25) is 0 Å². The van der Waals surface area contributed by atoms with Gasteiger partial charge >= 0.3 is 0 Å². The minimum atomic E-state index is -0.606. The van der Waals surface area contributed by atoms with Gasteiger partial charge in [0.25, 0.3) is 0 Å².